The van der Waals surface area contributed by atoms with Gasteiger partial charge >= 0.3 is 0 Å². The number of benzene rings is 1. The SMILES string of the molecule is CCCCCCCCCCCCCOCCOCCOCCOCCOCCOCCOCCOCCOCc1ccccc1. The fourth-order valence-corrected chi connectivity index (χ4v) is 4.39. The fraction of sp³-hybridized carbons (Fsp3) is 0.833. The topological polar surface area (TPSA) is 83.1 Å². The average Bonchev–Trinajstić information content (AvgIpc) is 3.06. The number of unbranched alkanes of at least 4 members (excludes halogenated alkanes) is 10. The Labute approximate surface area is 274 Å². The van der Waals surface area contributed by atoms with Crippen molar-refractivity contribution in [2.24, 2.45) is 0 Å². The minimum Gasteiger partial charge on any atom is -0.379 e. The fourth-order valence-electron chi connectivity index (χ4n) is 4.39. The lowest BCUT2D eigenvalue weighted by molar-refractivity contribution is -0.0254. The van der Waals surface area contributed by atoms with Gasteiger partial charge in [-0.3, -0.25) is 0 Å². The van der Waals surface area contributed by atoms with Gasteiger partial charge in [0.05, 0.1) is 112 Å². The van der Waals surface area contributed by atoms with Crippen LogP contribution in [0.1, 0.15) is 83.1 Å². The van der Waals surface area contributed by atoms with Crippen molar-refractivity contribution in [3.05, 3.63) is 35.9 Å². The standard InChI is InChI=1S/C36H66O9/c1-2-3-4-5-6-7-8-9-10-11-15-18-37-19-20-38-21-22-39-23-24-40-25-26-41-27-28-42-29-30-43-31-32-44-33-34-45-35-36-16-13-12-14-17-36/h12-14,16-17H,2-11,15,18-35H2,1H3. The van der Waals surface area contributed by atoms with Crippen molar-refractivity contribution in [2.75, 3.05) is 112 Å². The summed E-state index contributed by atoms with van der Waals surface area (Å²) < 4.78 is 49.8. The summed E-state index contributed by atoms with van der Waals surface area (Å²) in [4.78, 5) is 0. The van der Waals surface area contributed by atoms with Gasteiger partial charge < -0.3 is 42.6 Å². The molecule has 0 bridgehead atoms. The monoisotopic (exact) mass is 642 g/mol. The van der Waals surface area contributed by atoms with Crippen LogP contribution >= 0.6 is 0 Å². The summed E-state index contributed by atoms with van der Waals surface area (Å²) >= 11 is 0. The molecule has 1 aromatic rings. The van der Waals surface area contributed by atoms with Gasteiger partial charge in [0, 0.05) is 6.61 Å². The molecule has 0 aliphatic rings. The first kappa shape index (κ1) is 41.9. The molecular weight excluding hydrogens is 576 g/mol. The molecule has 45 heavy (non-hydrogen) atoms. The molecule has 0 saturated carbocycles. The molecule has 0 atom stereocenters. The highest BCUT2D eigenvalue weighted by Crippen LogP contribution is 2.11. The van der Waals surface area contributed by atoms with Crippen LogP contribution in [0.5, 0.6) is 0 Å². The quantitative estimate of drug-likeness (QED) is 0.0737. The smallest absolute Gasteiger partial charge is 0.0718 e. The van der Waals surface area contributed by atoms with Crippen molar-refractivity contribution in [2.45, 2.75) is 84.2 Å². The van der Waals surface area contributed by atoms with Crippen LogP contribution in [0.3, 0.4) is 0 Å². The average molecular weight is 643 g/mol. The van der Waals surface area contributed by atoms with Crippen molar-refractivity contribution in [3.63, 3.8) is 0 Å². The molecule has 0 aliphatic heterocycles. The Balaban J connectivity index is 1.61. The predicted molar refractivity (Wildman–Crippen MR) is 179 cm³/mol. The number of rotatable bonds is 38. The van der Waals surface area contributed by atoms with Crippen LogP contribution in [-0.4, -0.2) is 112 Å². The second kappa shape index (κ2) is 37.3. The molecule has 0 heterocycles. The number of ether oxygens (including phenoxy) is 9. The summed E-state index contributed by atoms with van der Waals surface area (Å²) in [6.07, 6.45) is 14.9. The van der Waals surface area contributed by atoms with Gasteiger partial charge in [-0.15, -0.1) is 0 Å². The lowest BCUT2D eigenvalue weighted by Crippen LogP contribution is -2.15. The molecule has 0 aromatic heterocycles. The Bertz CT molecular complexity index is 665. The van der Waals surface area contributed by atoms with Crippen LogP contribution in [0.2, 0.25) is 0 Å². The molecule has 264 valence electrons. The first-order valence-corrected chi connectivity index (χ1v) is 17.7. The molecule has 0 radical (unpaired) electrons. The highest BCUT2D eigenvalue weighted by molar-refractivity contribution is 5.13. The third-order valence-electron chi connectivity index (χ3n) is 6.98. The zero-order valence-electron chi connectivity index (χ0n) is 28.6. The van der Waals surface area contributed by atoms with E-state index in [4.69, 9.17) is 42.6 Å². The van der Waals surface area contributed by atoms with Gasteiger partial charge in [0.25, 0.3) is 0 Å². The third-order valence-corrected chi connectivity index (χ3v) is 6.98. The summed E-state index contributed by atoms with van der Waals surface area (Å²) in [5.41, 5.74) is 1.17. The molecule has 1 rings (SSSR count). The van der Waals surface area contributed by atoms with E-state index in [1.54, 1.807) is 0 Å². The normalized spacial score (nSPS) is 11.5. The molecule has 0 fully saturated rings. The molecule has 0 N–H and O–H groups in total. The third kappa shape index (κ3) is 34.0. The lowest BCUT2D eigenvalue weighted by Gasteiger charge is -2.09. The van der Waals surface area contributed by atoms with Gasteiger partial charge in [-0.05, 0) is 12.0 Å². The Morgan fingerprint density at radius 2 is 0.600 bits per heavy atom. The van der Waals surface area contributed by atoms with Crippen molar-refractivity contribution in [1.82, 2.24) is 0 Å². The molecule has 0 unspecified atom stereocenters. The number of hydrogen-bond donors (Lipinski definition) is 0. The Kier molecular flexibility index (Phi) is 34.7. The second-order valence-corrected chi connectivity index (χ2v) is 11.0. The summed E-state index contributed by atoms with van der Waals surface area (Å²) in [7, 11) is 0. The lowest BCUT2D eigenvalue weighted by atomic mass is 10.1. The van der Waals surface area contributed by atoms with Gasteiger partial charge in [0.15, 0.2) is 0 Å². The highest BCUT2D eigenvalue weighted by atomic mass is 16.6. The Morgan fingerprint density at radius 3 is 0.956 bits per heavy atom. The van der Waals surface area contributed by atoms with Crippen LogP contribution in [-0.2, 0) is 49.2 Å². The van der Waals surface area contributed by atoms with E-state index in [0.717, 1.165) is 13.0 Å². The molecule has 9 nitrogen and oxygen atoms in total. The minimum atomic E-state index is 0.534. The molecular formula is C36H66O9. The van der Waals surface area contributed by atoms with Crippen LogP contribution in [0.25, 0.3) is 0 Å². The van der Waals surface area contributed by atoms with E-state index in [1.165, 1.54) is 69.8 Å². The zero-order valence-corrected chi connectivity index (χ0v) is 28.6. The first-order chi connectivity index (χ1) is 22.4. The van der Waals surface area contributed by atoms with Gasteiger partial charge in [0.1, 0.15) is 0 Å². The molecule has 0 spiro atoms. The van der Waals surface area contributed by atoms with Crippen LogP contribution in [0.15, 0.2) is 30.3 Å². The Hall–Kier alpha value is -1.14. The van der Waals surface area contributed by atoms with E-state index in [1.807, 2.05) is 30.3 Å². The van der Waals surface area contributed by atoms with Gasteiger partial charge in [-0.1, -0.05) is 101 Å². The van der Waals surface area contributed by atoms with Gasteiger partial charge in [0.2, 0.25) is 0 Å². The summed E-state index contributed by atoms with van der Waals surface area (Å²) in [6.45, 7) is 12.7. The van der Waals surface area contributed by atoms with Crippen LogP contribution in [0, 0.1) is 0 Å². The molecule has 0 aliphatic carbocycles. The largest absolute Gasteiger partial charge is 0.379 e. The first-order valence-electron chi connectivity index (χ1n) is 17.7. The van der Waals surface area contributed by atoms with E-state index >= 15 is 0 Å². The minimum absolute atomic E-state index is 0.534. The van der Waals surface area contributed by atoms with Crippen molar-refractivity contribution < 1.29 is 42.6 Å². The molecule has 0 amide bonds. The maximum Gasteiger partial charge on any atom is 0.0718 e. The van der Waals surface area contributed by atoms with Crippen molar-refractivity contribution in [3.8, 4) is 0 Å². The summed E-state index contributed by atoms with van der Waals surface area (Å²) in [5.74, 6) is 0. The van der Waals surface area contributed by atoms with E-state index in [9.17, 15) is 0 Å². The molecule has 9 heteroatoms. The summed E-state index contributed by atoms with van der Waals surface area (Å²) in [6, 6.07) is 10.1. The predicted octanol–water partition coefficient (Wildman–Crippen LogP) is 6.65. The van der Waals surface area contributed by atoms with E-state index < -0.39 is 0 Å². The van der Waals surface area contributed by atoms with Crippen LogP contribution in [0.4, 0.5) is 0 Å². The maximum atomic E-state index is 5.66. The second-order valence-electron chi connectivity index (χ2n) is 11.0. The van der Waals surface area contributed by atoms with E-state index in [-0.39, 0.29) is 0 Å². The van der Waals surface area contributed by atoms with Crippen molar-refractivity contribution >= 4 is 0 Å². The van der Waals surface area contributed by atoms with Crippen LogP contribution < -0.4 is 0 Å². The van der Waals surface area contributed by atoms with Gasteiger partial charge in [-0.2, -0.15) is 0 Å². The Morgan fingerprint density at radius 1 is 0.311 bits per heavy atom. The van der Waals surface area contributed by atoms with E-state index in [0.29, 0.717) is 112 Å². The number of hydrogen-bond acceptors (Lipinski definition) is 9. The molecule has 1 aromatic carbocycles. The molecule has 0 saturated heterocycles. The maximum absolute atomic E-state index is 5.66. The van der Waals surface area contributed by atoms with Crippen molar-refractivity contribution in [1.29, 1.82) is 0 Å². The van der Waals surface area contributed by atoms with E-state index in [2.05, 4.69) is 6.92 Å². The zero-order chi connectivity index (χ0) is 32.0. The summed E-state index contributed by atoms with van der Waals surface area (Å²) in [5, 5.41) is 0. The van der Waals surface area contributed by atoms with Gasteiger partial charge in [-0.25, -0.2) is 0 Å². The highest BCUT2D eigenvalue weighted by Gasteiger charge is 1.97.